The van der Waals surface area contributed by atoms with Crippen molar-refractivity contribution in [1.82, 2.24) is 14.8 Å². The van der Waals surface area contributed by atoms with Gasteiger partial charge in [-0.3, -0.25) is 14.5 Å². The van der Waals surface area contributed by atoms with Crippen molar-refractivity contribution in [2.75, 3.05) is 13.6 Å². The van der Waals surface area contributed by atoms with Crippen molar-refractivity contribution < 1.29 is 18.7 Å². The van der Waals surface area contributed by atoms with E-state index in [1.807, 2.05) is 24.1 Å². The van der Waals surface area contributed by atoms with E-state index in [2.05, 4.69) is 5.32 Å². The lowest BCUT2D eigenvalue weighted by molar-refractivity contribution is 0.0949. The second-order valence-electron chi connectivity index (χ2n) is 7.99. The fraction of sp³-hybridized carbons (Fsp3) is 0.250. The van der Waals surface area contributed by atoms with Gasteiger partial charge in [-0.05, 0) is 36.9 Å². The van der Waals surface area contributed by atoms with E-state index in [9.17, 15) is 14.7 Å². The van der Waals surface area contributed by atoms with Crippen LogP contribution in [-0.4, -0.2) is 34.1 Å². The molecule has 0 saturated carbocycles. The zero-order chi connectivity index (χ0) is 23.5. The Bertz CT molecular complexity index is 1310. The van der Waals surface area contributed by atoms with Gasteiger partial charge in [0.05, 0.1) is 30.6 Å². The monoisotopic (exact) mass is 469 g/mol. The third-order valence-electron chi connectivity index (χ3n) is 5.35. The van der Waals surface area contributed by atoms with Gasteiger partial charge in [-0.1, -0.05) is 23.7 Å². The van der Waals surface area contributed by atoms with E-state index in [0.717, 1.165) is 5.56 Å². The first-order valence-corrected chi connectivity index (χ1v) is 10.7. The average molecular weight is 470 g/mol. The number of halogens is 1. The minimum Gasteiger partial charge on any atom is -0.472 e. The summed E-state index contributed by atoms with van der Waals surface area (Å²) < 4.78 is 12.5. The van der Waals surface area contributed by atoms with E-state index in [4.69, 9.17) is 20.4 Å². The lowest BCUT2D eigenvalue weighted by Crippen LogP contribution is -2.29. The minimum atomic E-state index is -0.708. The molecule has 1 unspecified atom stereocenters. The van der Waals surface area contributed by atoms with E-state index >= 15 is 0 Å². The van der Waals surface area contributed by atoms with Crippen LogP contribution in [0.3, 0.4) is 0 Å². The normalized spacial score (nSPS) is 12.4. The number of aryl methyl sites for hydroxylation is 1. The van der Waals surface area contributed by atoms with Crippen LogP contribution in [0.1, 0.15) is 33.3 Å². The number of likely N-dealkylation sites (N-methyl/N-ethyl adjacent to an activating group) is 1. The van der Waals surface area contributed by atoms with Gasteiger partial charge in [0.15, 0.2) is 0 Å². The molecule has 0 radical (unpaired) electrons. The van der Waals surface area contributed by atoms with E-state index in [1.54, 1.807) is 35.9 Å². The number of aromatic nitrogens is 1. The third-order valence-corrected chi connectivity index (χ3v) is 5.60. The zero-order valence-corrected chi connectivity index (χ0v) is 19.0. The van der Waals surface area contributed by atoms with E-state index in [-0.39, 0.29) is 12.1 Å². The quantitative estimate of drug-likeness (QED) is 0.410. The van der Waals surface area contributed by atoms with Crippen molar-refractivity contribution in [3.8, 4) is 0 Å². The molecule has 2 N–H and O–H groups in total. The summed E-state index contributed by atoms with van der Waals surface area (Å²) in [5.41, 5.74) is 1.58. The Morgan fingerprint density at radius 3 is 2.73 bits per heavy atom. The Hall–Kier alpha value is -3.33. The molecule has 0 aliphatic rings. The number of nitrogens with zero attached hydrogens (tertiary/aromatic N) is 2. The molecule has 3 aromatic heterocycles. The first kappa shape index (κ1) is 22.8. The Balaban J connectivity index is 1.49. The summed E-state index contributed by atoms with van der Waals surface area (Å²) in [6.07, 6.45) is 3.78. The number of hydrogen-bond acceptors (Lipinski definition) is 6. The average Bonchev–Trinajstić information content (AvgIpc) is 3.46. The van der Waals surface area contributed by atoms with Crippen LogP contribution in [0.4, 0.5) is 0 Å². The molecule has 0 saturated heterocycles. The number of benzene rings is 1. The highest BCUT2D eigenvalue weighted by Crippen LogP contribution is 2.20. The van der Waals surface area contributed by atoms with Crippen LogP contribution in [0, 0.1) is 0 Å². The molecule has 0 aliphatic carbocycles. The van der Waals surface area contributed by atoms with Gasteiger partial charge < -0.3 is 23.8 Å². The largest absolute Gasteiger partial charge is 0.472 e. The Morgan fingerprint density at radius 1 is 1.27 bits per heavy atom. The van der Waals surface area contributed by atoms with Gasteiger partial charge in [-0.25, -0.2) is 0 Å². The van der Waals surface area contributed by atoms with Crippen molar-refractivity contribution in [1.29, 1.82) is 0 Å². The fourth-order valence-corrected chi connectivity index (χ4v) is 3.75. The summed E-state index contributed by atoms with van der Waals surface area (Å²) in [5.74, 6) is 0.0915. The van der Waals surface area contributed by atoms with Gasteiger partial charge in [-0.15, -0.1) is 0 Å². The first-order valence-electron chi connectivity index (χ1n) is 10.3. The third kappa shape index (κ3) is 5.19. The highest BCUT2D eigenvalue weighted by molar-refractivity contribution is 6.30. The molecular formula is C24H24ClN3O5. The van der Waals surface area contributed by atoms with Crippen LogP contribution in [0.5, 0.6) is 0 Å². The fourth-order valence-electron chi connectivity index (χ4n) is 3.63. The molecule has 8 nitrogen and oxygen atoms in total. The number of aliphatic hydroxyl groups excluding tert-OH is 1. The summed E-state index contributed by atoms with van der Waals surface area (Å²) in [6.45, 7) is 1.00. The van der Waals surface area contributed by atoms with Gasteiger partial charge >= 0.3 is 0 Å². The van der Waals surface area contributed by atoms with Crippen molar-refractivity contribution in [3.05, 3.63) is 92.8 Å². The molecule has 9 heteroatoms. The standard InChI is InChI=1S/C24H24ClN3O5/c1-27(13-21(29)16-7-8-32-14-16)11-18-9-19-22(30)20(12-28(2)24(19)33-18)23(31)26-10-15-3-5-17(25)6-4-15/h3-9,12,14,21,29H,10-11,13H2,1-2H3,(H,26,31). The minimum absolute atomic E-state index is 0.0371. The van der Waals surface area contributed by atoms with Crippen LogP contribution in [0.25, 0.3) is 11.1 Å². The van der Waals surface area contributed by atoms with Crippen LogP contribution in [-0.2, 0) is 20.1 Å². The maximum absolute atomic E-state index is 13.0. The Morgan fingerprint density at radius 2 is 2.03 bits per heavy atom. The maximum atomic E-state index is 13.0. The second kappa shape index (κ2) is 9.66. The van der Waals surface area contributed by atoms with Crippen molar-refractivity contribution >= 4 is 28.6 Å². The SMILES string of the molecule is CN(Cc1cc2c(=O)c(C(=O)NCc3ccc(Cl)cc3)cn(C)c2o1)CC(O)c1ccoc1. The number of hydrogen-bond donors (Lipinski definition) is 2. The second-order valence-corrected chi connectivity index (χ2v) is 8.43. The maximum Gasteiger partial charge on any atom is 0.257 e. The Labute approximate surface area is 195 Å². The van der Waals surface area contributed by atoms with Crippen LogP contribution in [0.15, 0.2) is 68.8 Å². The summed E-state index contributed by atoms with van der Waals surface area (Å²) in [6, 6.07) is 10.5. The van der Waals surface area contributed by atoms with Crippen LogP contribution in [0.2, 0.25) is 5.02 Å². The van der Waals surface area contributed by atoms with Crippen molar-refractivity contribution in [2.24, 2.45) is 7.05 Å². The molecule has 0 bridgehead atoms. The smallest absolute Gasteiger partial charge is 0.257 e. The molecule has 0 aliphatic heterocycles. The van der Waals surface area contributed by atoms with Gasteiger partial charge in [0.1, 0.15) is 11.3 Å². The number of fused-ring (bicyclic) bond motifs is 1. The number of rotatable bonds is 8. The number of carbonyl (C=O) groups is 1. The van der Waals surface area contributed by atoms with Gasteiger partial charge in [0.2, 0.25) is 11.1 Å². The van der Waals surface area contributed by atoms with E-state index < -0.39 is 17.4 Å². The van der Waals surface area contributed by atoms with E-state index in [1.165, 1.54) is 18.7 Å². The molecule has 33 heavy (non-hydrogen) atoms. The molecule has 4 aromatic rings. The van der Waals surface area contributed by atoms with Gasteiger partial charge in [0, 0.05) is 36.9 Å². The molecule has 1 aromatic carbocycles. The molecule has 1 amide bonds. The number of furan rings is 2. The number of nitrogens with one attached hydrogen (secondary N) is 1. The molecular weight excluding hydrogens is 446 g/mol. The lowest BCUT2D eigenvalue weighted by atomic mass is 10.1. The number of pyridine rings is 1. The van der Waals surface area contributed by atoms with Crippen LogP contribution < -0.4 is 10.7 Å². The summed E-state index contributed by atoms with van der Waals surface area (Å²) in [7, 11) is 3.56. The van der Waals surface area contributed by atoms with Crippen LogP contribution >= 0.6 is 11.6 Å². The first-order chi connectivity index (χ1) is 15.8. The molecule has 0 fully saturated rings. The highest BCUT2D eigenvalue weighted by atomic mass is 35.5. The molecule has 0 spiro atoms. The lowest BCUT2D eigenvalue weighted by Gasteiger charge is -2.18. The van der Waals surface area contributed by atoms with E-state index in [0.29, 0.717) is 40.5 Å². The van der Waals surface area contributed by atoms with Crippen molar-refractivity contribution in [2.45, 2.75) is 19.2 Å². The number of carbonyl (C=O) groups excluding carboxylic acids is 1. The predicted molar refractivity (Wildman–Crippen MR) is 124 cm³/mol. The Kier molecular flexibility index (Phi) is 6.69. The van der Waals surface area contributed by atoms with Gasteiger partial charge in [-0.2, -0.15) is 0 Å². The number of amides is 1. The molecule has 172 valence electrons. The highest BCUT2D eigenvalue weighted by Gasteiger charge is 2.19. The molecule has 3 heterocycles. The zero-order valence-electron chi connectivity index (χ0n) is 18.2. The molecule has 4 rings (SSSR count). The number of aliphatic hydroxyl groups is 1. The summed E-state index contributed by atoms with van der Waals surface area (Å²) in [4.78, 5) is 27.6. The molecule has 1 atom stereocenters. The topological polar surface area (TPSA) is 101 Å². The van der Waals surface area contributed by atoms with Crippen molar-refractivity contribution in [3.63, 3.8) is 0 Å². The predicted octanol–water partition coefficient (Wildman–Crippen LogP) is 3.47. The summed E-state index contributed by atoms with van der Waals surface area (Å²) >= 11 is 5.89. The summed E-state index contributed by atoms with van der Waals surface area (Å²) in [5, 5.41) is 14.0. The van der Waals surface area contributed by atoms with Gasteiger partial charge in [0.25, 0.3) is 5.91 Å².